The molecule has 3 nitrogen and oxygen atoms in total. The lowest BCUT2D eigenvalue weighted by Crippen LogP contribution is -2.42. The third-order valence-electron chi connectivity index (χ3n) is 2.78. The van der Waals surface area contributed by atoms with Gasteiger partial charge in [-0.2, -0.15) is 13.2 Å². The van der Waals surface area contributed by atoms with E-state index in [0.29, 0.717) is 18.9 Å². The van der Waals surface area contributed by atoms with E-state index in [2.05, 4.69) is 19.2 Å². The van der Waals surface area contributed by atoms with E-state index in [1.165, 1.54) is 0 Å². The fourth-order valence-electron chi connectivity index (χ4n) is 1.85. The van der Waals surface area contributed by atoms with E-state index in [1.807, 2.05) is 0 Å². The molecule has 6 heteroatoms. The van der Waals surface area contributed by atoms with Gasteiger partial charge in [-0.05, 0) is 25.3 Å². The highest BCUT2D eigenvalue weighted by molar-refractivity contribution is 5.84. The molecule has 0 saturated carbocycles. The van der Waals surface area contributed by atoms with Crippen LogP contribution in [0.25, 0.3) is 0 Å². The Kier molecular flexibility index (Phi) is 4.80. The van der Waals surface area contributed by atoms with Gasteiger partial charge >= 0.3 is 6.18 Å². The first-order valence-electron chi connectivity index (χ1n) is 5.88. The van der Waals surface area contributed by atoms with Gasteiger partial charge in [0, 0.05) is 6.54 Å². The largest absolute Gasteiger partial charge is 0.406 e. The Balaban J connectivity index is 2.34. The summed E-state index contributed by atoms with van der Waals surface area (Å²) < 4.78 is 36.5. The average molecular weight is 252 g/mol. The van der Waals surface area contributed by atoms with E-state index in [9.17, 15) is 18.0 Å². The first-order valence-corrected chi connectivity index (χ1v) is 5.88. The maximum Gasteiger partial charge on any atom is 0.406 e. The monoisotopic (exact) mass is 252 g/mol. The number of hydrogen-bond acceptors (Lipinski definition) is 2. The number of nitrogens with zero attached hydrogens (tertiary/aromatic N) is 1. The van der Waals surface area contributed by atoms with Gasteiger partial charge in [0.1, 0.15) is 6.54 Å². The van der Waals surface area contributed by atoms with Crippen molar-refractivity contribution in [2.75, 3.05) is 19.6 Å². The highest BCUT2D eigenvalue weighted by atomic mass is 19.4. The van der Waals surface area contributed by atoms with Gasteiger partial charge in [0.15, 0.2) is 0 Å². The van der Waals surface area contributed by atoms with Gasteiger partial charge in [0.05, 0.1) is 6.04 Å². The summed E-state index contributed by atoms with van der Waals surface area (Å²) in [6.45, 7) is 3.86. The quantitative estimate of drug-likeness (QED) is 0.809. The predicted molar refractivity (Wildman–Crippen MR) is 58.5 cm³/mol. The molecule has 1 aliphatic heterocycles. The van der Waals surface area contributed by atoms with Crippen LogP contribution >= 0.6 is 0 Å². The Morgan fingerprint density at radius 2 is 2.12 bits per heavy atom. The summed E-state index contributed by atoms with van der Waals surface area (Å²) in [4.78, 5) is 12.5. The van der Waals surface area contributed by atoms with Crippen LogP contribution in [0, 0.1) is 5.92 Å². The van der Waals surface area contributed by atoms with Crippen molar-refractivity contribution in [3.05, 3.63) is 0 Å². The summed E-state index contributed by atoms with van der Waals surface area (Å²) in [6, 6.07) is -0.434. The number of halogens is 3. The zero-order valence-electron chi connectivity index (χ0n) is 10.2. The number of carbonyl (C=O) groups is 1. The Morgan fingerprint density at radius 1 is 1.47 bits per heavy atom. The Hall–Kier alpha value is -0.780. The highest BCUT2D eigenvalue weighted by Gasteiger charge is 2.38. The van der Waals surface area contributed by atoms with E-state index in [-0.39, 0.29) is 6.54 Å². The van der Waals surface area contributed by atoms with Crippen LogP contribution in [-0.4, -0.2) is 42.7 Å². The van der Waals surface area contributed by atoms with Crippen molar-refractivity contribution >= 4 is 5.91 Å². The summed E-state index contributed by atoms with van der Waals surface area (Å²) in [5, 5.41) is 3.02. The van der Waals surface area contributed by atoms with Gasteiger partial charge in [-0.25, -0.2) is 0 Å². The first kappa shape index (κ1) is 14.3. The minimum atomic E-state index is -4.30. The van der Waals surface area contributed by atoms with Gasteiger partial charge in [-0.15, -0.1) is 0 Å². The molecule has 0 aromatic carbocycles. The van der Waals surface area contributed by atoms with Crippen molar-refractivity contribution < 1.29 is 18.0 Å². The number of carbonyl (C=O) groups excluding carboxylic acids is 1. The lowest BCUT2D eigenvalue weighted by Gasteiger charge is -2.18. The molecule has 0 aromatic heterocycles. The van der Waals surface area contributed by atoms with Gasteiger partial charge in [-0.3, -0.25) is 4.79 Å². The van der Waals surface area contributed by atoms with Crippen molar-refractivity contribution in [3.63, 3.8) is 0 Å². The standard InChI is InChI=1S/C11H19F3N2O/c1-8(2)3-5-15-9-4-6-16(10(9)17)7-11(12,13)14/h8-9,15H,3-7H2,1-2H3. The van der Waals surface area contributed by atoms with Crippen LogP contribution in [0.4, 0.5) is 13.2 Å². The minimum Gasteiger partial charge on any atom is -0.332 e. The van der Waals surface area contributed by atoms with Crippen LogP contribution in [0.5, 0.6) is 0 Å². The van der Waals surface area contributed by atoms with Crippen molar-refractivity contribution in [2.24, 2.45) is 5.92 Å². The van der Waals surface area contributed by atoms with Crippen LogP contribution in [0.15, 0.2) is 0 Å². The van der Waals surface area contributed by atoms with Gasteiger partial charge < -0.3 is 10.2 Å². The normalized spacial score (nSPS) is 21.6. The lowest BCUT2D eigenvalue weighted by atomic mass is 10.1. The summed E-state index contributed by atoms with van der Waals surface area (Å²) in [6.07, 6.45) is -2.92. The van der Waals surface area contributed by atoms with Crippen LogP contribution in [0.1, 0.15) is 26.7 Å². The third kappa shape index (κ3) is 4.93. The molecule has 0 radical (unpaired) electrons. The second-order valence-corrected chi connectivity index (χ2v) is 4.85. The van der Waals surface area contributed by atoms with Crippen molar-refractivity contribution in [1.29, 1.82) is 0 Å². The molecule has 1 aliphatic rings. The molecule has 1 heterocycles. The molecule has 1 unspecified atom stereocenters. The predicted octanol–water partition coefficient (Wildman–Crippen LogP) is 1.79. The molecular formula is C11H19F3N2O. The third-order valence-corrected chi connectivity index (χ3v) is 2.78. The zero-order chi connectivity index (χ0) is 13.1. The van der Waals surface area contributed by atoms with E-state index in [1.54, 1.807) is 0 Å². The van der Waals surface area contributed by atoms with E-state index in [4.69, 9.17) is 0 Å². The van der Waals surface area contributed by atoms with Crippen LogP contribution < -0.4 is 5.32 Å². The number of amides is 1. The molecule has 0 aliphatic carbocycles. The molecule has 100 valence electrons. The fourth-order valence-corrected chi connectivity index (χ4v) is 1.85. The summed E-state index contributed by atoms with van der Waals surface area (Å²) in [5.74, 6) is 0.0939. The molecule has 1 amide bonds. The van der Waals surface area contributed by atoms with Crippen LogP contribution in [0.3, 0.4) is 0 Å². The fraction of sp³-hybridized carbons (Fsp3) is 0.909. The molecule has 0 bridgehead atoms. The summed E-state index contributed by atoms with van der Waals surface area (Å²) >= 11 is 0. The van der Waals surface area contributed by atoms with Crippen molar-refractivity contribution in [3.8, 4) is 0 Å². The molecule has 1 rings (SSSR count). The number of rotatable bonds is 5. The van der Waals surface area contributed by atoms with E-state index < -0.39 is 24.7 Å². The second-order valence-electron chi connectivity index (χ2n) is 4.85. The number of alkyl halides is 3. The topological polar surface area (TPSA) is 32.3 Å². The Bertz CT molecular complexity index is 266. The average Bonchev–Trinajstić information content (AvgIpc) is 2.47. The molecule has 0 spiro atoms. The molecule has 0 aromatic rings. The van der Waals surface area contributed by atoms with Crippen LogP contribution in [0.2, 0.25) is 0 Å². The molecule has 1 fully saturated rings. The lowest BCUT2D eigenvalue weighted by molar-refractivity contribution is -0.158. The van der Waals surface area contributed by atoms with E-state index >= 15 is 0 Å². The molecule has 17 heavy (non-hydrogen) atoms. The smallest absolute Gasteiger partial charge is 0.332 e. The highest BCUT2D eigenvalue weighted by Crippen LogP contribution is 2.20. The first-order chi connectivity index (χ1) is 7.79. The zero-order valence-corrected chi connectivity index (χ0v) is 10.2. The SMILES string of the molecule is CC(C)CCNC1CCN(CC(F)(F)F)C1=O. The second kappa shape index (κ2) is 5.71. The van der Waals surface area contributed by atoms with Crippen LogP contribution in [-0.2, 0) is 4.79 Å². The summed E-state index contributed by atoms with van der Waals surface area (Å²) in [7, 11) is 0. The van der Waals surface area contributed by atoms with Crippen molar-refractivity contribution in [2.45, 2.75) is 38.9 Å². The minimum absolute atomic E-state index is 0.192. The number of hydrogen-bond donors (Lipinski definition) is 1. The maximum absolute atomic E-state index is 12.2. The maximum atomic E-state index is 12.2. The van der Waals surface area contributed by atoms with E-state index in [0.717, 1.165) is 11.3 Å². The molecule has 1 atom stereocenters. The van der Waals surface area contributed by atoms with Gasteiger partial charge in [0.25, 0.3) is 0 Å². The Morgan fingerprint density at radius 3 is 2.65 bits per heavy atom. The van der Waals surface area contributed by atoms with Crippen molar-refractivity contribution in [1.82, 2.24) is 10.2 Å². The Labute approximate surface area is 99.4 Å². The summed E-state index contributed by atoms with van der Waals surface area (Å²) in [5.41, 5.74) is 0. The molecule has 1 N–H and O–H groups in total. The number of likely N-dealkylation sites (tertiary alicyclic amines) is 1. The van der Waals surface area contributed by atoms with Gasteiger partial charge in [-0.1, -0.05) is 13.8 Å². The molecule has 1 saturated heterocycles. The number of nitrogens with one attached hydrogen (secondary N) is 1. The van der Waals surface area contributed by atoms with Gasteiger partial charge in [0.2, 0.25) is 5.91 Å². The molecular weight excluding hydrogens is 233 g/mol.